The normalized spacial score (nSPS) is 13.3. The number of amides is 1. The zero-order valence-corrected chi connectivity index (χ0v) is 14.9. The summed E-state index contributed by atoms with van der Waals surface area (Å²) in [6.45, 7) is 1.84. The molecule has 3 rings (SSSR count). The predicted octanol–water partition coefficient (Wildman–Crippen LogP) is 0.946. The summed E-state index contributed by atoms with van der Waals surface area (Å²) in [7, 11) is 0. The van der Waals surface area contributed by atoms with E-state index in [1.165, 1.54) is 11.3 Å². The van der Waals surface area contributed by atoms with Gasteiger partial charge in [0.2, 0.25) is 0 Å². The van der Waals surface area contributed by atoms with Crippen molar-refractivity contribution in [2.45, 2.75) is 13.0 Å². The van der Waals surface area contributed by atoms with Gasteiger partial charge in [0.15, 0.2) is 0 Å². The Morgan fingerprint density at radius 2 is 2.37 bits per heavy atom. The van der Waals surface area contributed by atoms with Crippen LogP contribution in [0.5, 0.6) is 0 Å². The van der Waals surface area contributed by atoms with Gasteiger partial charge in [0.1, 0.15) is 0 Å². The molecule has 2 aromatic rings. The summed E-state index contributed by atoms with van der Waals surface area (Å²) in [5.41, 5.74) is 4.49. The van der Waals surface area contributed by atoms with Gasteiger partial charge < -0.3 is 0 Å². The topological polar surface area (TPSA) is 50.2 Å². The molecule has 0 spiro atoms. The van der Waals surface area contributed by atoms with Gasteiger partial charge >= 0.3 is 128 Å². The van der Waals surface area contributed by atoms with Crippen LogP contribution in [0.3, 0.4) is 0 Å². The zero-order chi connectivity index (χ0) is 13.2. The van der Waals surface area contributed by atoms with Crippen molar-refractivity contribution in [1.82, 2.24) is 7.36 Å². The third-order valence-corrected chi connectivity index (χ3v) is 4.41. The van der Waals surface area contributed by atoms with Crippen molar-refractivity contribution < 1.29 is 4.79 Å². The zero-order valence-electron chi connectivity index (χ0n) is 10.4. The molecule has 19 heavy (non-hydrogen) atoms. The number of benzene rings is 1. The molecule has 1 amide bonds. The average molecular weight is 446 g/mol. The van der Waals surface area contributed by atoms with E-state index in [9.17, 15) is 4.79 Å². The fraction of sp³-hybridized carbons (Fsp3) is 0.231. The fourth-order valence-corrected chi connectivity index (χ4v) is 3.35. The Hall–Kier alpha value is -1.38. The molecule has 0 saturated heterocycles. The number of nitrogens with one attached hydrogen (secondary N) is 1. The van der Waals surface area contributed by atoms with Gasteiger partial charge in [-0.15, -0.1) is 0 Å². The van der Waals surface area contributed by atoms with E-state index in [0.29, 0.717) is 6.41 Å². The molecule has 6 heteroatoms. The van der Waals surface area contributed by atoms with Crippen molar-refractivity contribution in [3.05, 3.63) is 42.0 Å². The van der Waals surface area contributed by atoms with Gasteiger partial charge in [-0.05, 0) is 0 Å². The number of imidazole rings is 1. The molecular formula is C13H13N4OTl. The van der Waals surface area contributed by atoms with Crippen molar-refractivity contribution in [3.63, 3.8) is 0 Å². The number of nitrogens with zero attached hydrogens (tertiary/aromatic N) is 3. The number of aromatic nitrogens is 2. The molecule has 1 N–H and O–H groups in total. The number of carbonyl (C=O) groups is 1. The first-order valence-corrected chi connectivity index (χ1v) is 8.13. The Balaban J connectivity index is 1.83. The molecular weight excluding hydrogens is 433 g/mol. The Kier molecular flexibility index (Phi) is 3.54. The fourth-order valence-electron chi connectivity index (χ4n) is 2.42. The molecule has 1 aliphatic heterocycles. The summed E-state index contributed by atoms with van der Waals surface area (Å²) >= 11 is 0.764. The van der Waals surface area contributed by atoms with Gasteiger partial charge in [-0.3, -0.25) is 0 Å². The van der Waals surface area contributed by atoms with Crippen molar-refractivity contribution >= 4 is 43.9 Å². The van der Waals surface area contributed by atoms with E-state index < -0.39 is 0 Å². The van der Waals surface area contributed by atoms with Crippen LogP contribution < -0.4 is 10.2 Å². The Morgan fingerprint density at radius 1 is 1.47 bits per heavy atom. The first kappa shape index (κ1) is 12.6. The summed E-state index contributed by atoms with van der Waals surface area (Å²) < 4.78 is 2.12. The van der Waals surface area contributed by atoms with Crippen LogP contribution in [-0.2, 0) is 17.8 Å². The second-order valence-corrected chi connectivity index (χ2v) is 6.91. The average Bonchev–Trinajstić information content (AvgIpc) is 2.98. The quantitative estimate of drug-likeness (QED) is 0.563. The number of rotatable bonds is 4. The van der Waals surface area contributed by atoms with E-state index in [4.69, 9.17) is 0 Å². The molecule has 1 aromatic carbocycles. The monoisotopic (exact) mass is 446 g/mol. The summed E-state index contributed by atoms with van der Waals surface area (Å²) in [5.74, 6) is 0. The van der Waals surface area contributed by atoms with E-state index in [0.717, 1.165) is 57.0 Å². The molecule has 0 aliphatic carbocycles. The number of fused-ring (bicyclic) bond motifs is 1. The van der Waals surface area contributed by atoms with E-state index >= 15 is 0 Å². The van der Waals surface area contributed by atoms with Gasteiger partial charge in [0.05, 0.1) is 0 Å². The molecule has 0 radical (unpaired) electrons. The molecule has 0 atom stereocenters. The van der Waals surface area contributed by atoms with Gasteiger partial charge in [-0.2, -0.15) is 0 Å². The molecule has 1 aromatic heterocycles. The first-order valence-electron chi connectivity index (χ1n) is 6.12. The minimum absolute atomic E-state index is 0.714. The molecule has 1 aliphatic rings. The molecule has 2 heterocycles. The Bertz CT molecular complexity index is 610. The van der Waals surface area contributed by atoms with Crippen molar-refractivity contribution in [2.75, 3.05) is 16.8 Å². The maximum atomic E-state index is 10.5. The second kappa shape index (κ2) is 5.32. The van der Waals surface area contributed by atoms with Crippen LogP contribution in [0.2, 0.25) is 0 Å². The van der Waals surface area contributed by atoms with Crippen LogP contribution in [0.1, 0.15) is 11.3 Å². The SMILES string of the molecule is O=CNc1ccc2c(c1)N(Cc1c[n]([Tl])cn1)CC2. The first-order chi connectivity index (χ1) is 9.26. The molecule has 0 fully saturated rings. The molecule has 0 saturated carbocycles. The third kappa shape index (κ3) is 2.65. The summed E-state index contributed by atoms with van der Waals surface area (Å²) in [4.78, 5) is 17.2. The Morgan fingerprint density at radius 3 is 3.11 bits per heavy atom. The van der Waals surface area contributed by atoms with Crippen LogP contribution in [-0.4, -0.2) is 46.4 Å². The summed E-state index contributed by atoms with van der Waals surface area (Å²) in [6, 6.07) is 6.08. The van der Waals surface area contributed by atoms with Gasteiger partial charge in [-0.25, -0.2) is 0 Å². The number of hydrogen-bond donors (Lipinski definition) is 1. The van der Waals surface area contributed by atoms with Gasteiger partial charge in [0.25, 0.3) is 0 Å². The number of carbonyl (C=O) groups excluding carboxylic acids is 1. The van der Waals surface area contributed by atoms with Crippen LogP contribution >= 0.6 is 0 Å². The summed E-state index contributed by atoms with van der Waals surface area (Å²) in [6.07, 6.45) is 5.77. The standard InChI is InChI=1S/C13H14N4O.Tl/c18-9-16-11-2-1-10-3-4-17(13(10)5-11)7-12-6-14-8-15-12;/h1-2,5-6,8-9H,3-4,7H2,(H2,14,15,16,18);/q;+1/p-1. The van der Waals surface area contributed by atoms with Crippen LogP contribution in [0.4, 0.5) is 11.4 Å². The van der Waals surface area contributed by atoms with Gasteiger partial charge in [0, 0.05) is 0 Å². The van der Waals surface area contributed by atoms with Crippen molar-refractivity contribution in [3.8, 4) is 0 Å². The van der Waals surface area contributed by atoms with E-state index in [1.54, 1.807) is 0 Å². The molecule has 0 unspecified atom stereocenters. The predicted molar refractivity (Wildman–Crippen MR) is 74.3 cm³/mol. The van der Waals surface area contributed by atoms with Crippen LogP contribution in [0, 0.1) is 0 Å². The number of hydrogen-bond acceptors (Lipinski definition) is 3. The molecule has 0 bridgehead atoms. The van der Waals surface area contributed by atoms with Crippen LogP contribution in [0.25, 0.3) is 0 Å². The molecule has 94 valence electrons. The van der Waals surface area contributed by atoms with Crippen molar-refractivity contribution in [1.29, 1.82) is 0 Å². The minimum atomic E-state index is 0.714. The number of anilines is 2. The van der Waals surface area contributed by atoms with Crippen LogP contribution in [0.15, 0.2) is 30.7 Å². The third-order valence-electron chi connectivity index (χ3n) is 3.31. The van der Waals surface area contributed by atoms with Crippen molar-refractivity contribution in [2.24, 2.45) is 0 Å². The summed E-state index contributed by atoms with van der Waals surface area (Å²) in [5, 5.41) is 2.71. The molecule has 5 nitrogen and oxygen atoms in total. The van der Waals surface area contributed by atoms with Gasteiger partial charge in [-0.1, -0.05) is 0 Å². The van der Waals surface area contributed by atoms with E-state index in [-0.39, 0.29) is 0 Å². The second-order valence-electron chi connectivity index (χ2n) is 4.59. The maximum absolute atomic E-state index is 10.5. The Labute approximate surface area is 127 Å². The van der Waals surface area contributed by atoms with E-state index in [2.05, 4.69) is 29.8 Å². The van der Waals surface area contributed by atoms with E-state index in [1.807, 2.05) is 18.5 Å².